The van der Waals surface area contributed by atoms with Crippen LogP contribution in [0, 0.1) is 0 Å². The highest BCUT2D eigenvalue weighted by Crippen LogP contribution is 2.12. The lowest BCUT2D eigenvalue weighted by Gasteiger charge is -2.04. The van der Waals surface area contributed by atoms with Crippen molar-refractivity contribution >= 4 is 11.6 Å². The molecule has 0 unspecified atom stereocenters. The van der Waals surface area contributed by atoms with E-state index in [1.54, 1.807) is 12.4 Å². The molecule has 0 amide bonds. The Kier molecular flexibility index (Phi) is 4.04. The summed E-state index contributed by atoms with van der Waals surface area (Å²) in [6.07, 6.45) is 6.22. The molecule has 4 heteroatoms. The van der Waals surface area contributed by atoms with Gasteiger partial charge in [-0.25, -0.2) is 9.97 Å². The van der Waals surface area contributed by atoms with E-state index in [0.29, 0.717) is 5.15 Å². The predicted octanol–water partition coefficient (Wildman–Crippen LogP) is 3.07. The number of aromatic nitrogens is 3. The van der Waals surface area contributed by atoms with Gasteiger partial charge in [0.2, 0.25) is 0 Å². The number of hydrogen-bond donors (Lipinski definition) is 0. The molecule has 0 saturated carbocycles. The second kappa shape index (κ2) is 5.73. The normalized spacial score (nSPS) is 10.5. The van der Waals surface area contributed by atoms with E-state index in [0.717, 1.165) is 30.8 Å². The molecule has 0 aliphatic carbocycles. The summed E-state index contributed by atoms with van der Waals surface area (Å²) in [6.45, 7) is 2.10. The van der Waals surface area contributed by atoms with E-state index >= 15 is 0 Å². The number of pyridine rings is 1. The quantitative estimate of drug-likeness (QED) is 0.780. The van der Waals surface area contributed by atoms with Gasteiger partial charge < -0.3 is 0 Å². The zero-order valence-electron chi connectivity index (χ0n) is 9.73. The van der Waals surface area contributed by atoms with E-state index in [9.17, 15) is 0 Å². The van der Waals surface area contributed by atoms with Crippen molar-refractivity contribution in [1.82, 2.24) is 15.0 Å². The van der Waals surface area contributed by atoms with Crippen LogP contribution in [-0.2, 0) is 12.8 Å². The standard InChI is InChI=1S/C13H14ClN3/c1-2-3-13-16-11(9-12(14)17-13)8-10-4-6-15-7-5-10/h4-7,9H,2-3,8H2,1H3. The van der Waals surface area contributed by atoms with Crippen molar-refractivity contribution in [3.05, 3.63) is 52.8 Å². The molecule has 0 saturated heterocycles. The first kappa shape index (κ1) is 12.0. The number of aryl methyl sites for hydroxylation is 1. The molecular weight excluding hydrogens is 234 g/mol. The minimum Gasteiger partial charge on any atom is -0.265 e. The molecule has 0 N–H and O–H groups in total. The first-order chi connectivity index (χ1) is 8.28. The smallest absolute Gasteiger partial charge is 0.133 e. The highest BCUT2D eigenvalue weighted by molar-refractivity contribution is 6.29. The molecule has 2 aromatic rings. The van der Waals surface area contributed by atoms with Gasteiger partial charge in [0, 0.05) is 30.9 Å². The Morgan fingerprint density at radius 1 is 1.18 bits per heavy atom. The van der Waals surface area contributed by atoms with Gasteiger partial charge in [-0.1, -0.05) is 18.5 Å². The molecule has 0 aromatic carbocycles. The summed E-state index contributed by atoms with van der Waals surface area (Å²) in [5.74, 6) is 0.823. The van der Waals surface area contributed by atoms with Crippen LogP contribution in [0.25, 0.3) is 0 Å². The van der Waals surface area contributed by atoms with E-state index < -0.39 is 0 Å². The highest BCUT2D eigenvalue weighted by Gasteiger charge is 2.03. The molecule has 2 aromatic heterocycles. The van der Waals surface area contributed by atoms with Gasteiger partial charge in [0.15, 0.2) is 0 Å². The number of halogens is 1. The van der Waals surface area contributed by atoms with Crippen molar-refractivity contribution in [1.29, 1.82) is 0 Å². The van der Waals surface area contributed by atoms with Gasteiger partial charge in [0.05, 0.1) is 0 Å². The molecule has 0 aliphatic rings. The Morgan fingerprint density at radius 2 is 1.94 bits per heavy atom. The Labute approximate surface area is 106 Å². The molecule has 0 spiro atoms. The summed E-state index contributed by atoms with van der Waals surface area (Å²) < 4.78 is 0. The maximum Gasteiger partial charge on any atom is 0.133 e. The van der Waals surface area contributed by atoms with Crippen molar-refractivity contribution in [2.75, 3.05) is 0 Å². The fourth-order valence-corrected chi connectivity index (χ4v) is 1.88. The molecule has 0 atom stereocenters. The summed E-state index contributed by atoms with van der Waals surface area (Å²) in [4.78, 5) is 12.7. The largest absolute Gasteiger partial charge is 0.265 e. The zero-order chi connectivity index (χ0) is 12.1. The Balaban J connectivity index is 2.21. The lowest BCUT2D eigenvalue weighted by atomic mass is 10.1. The van der Waals surface area contributed by atoms with Crippen molar-refractivity contribution in [2.24, 2.45) is 0 Å². The van der Waals surface area contributed by atoms with Gasteiger partial charge in [-0.2, -0.15) is 0 Å². The summed E-state index contributed by atoms with van der Waals surface area (Å²) in [5.41, 5.74) is 2.14. The number of rotatable bonds is 4. The topological polar surface area (TPSA) is 38.7 Å². The summed E-state index contributed by atoms with van der Waals surface area (Å²) >= 11 is 5.99. The Bertz CT molecular complexity index is 485. The van der Waals surface area contributed by atoms with Gasteiger partial charge in [-0.3, -0.25) is 4.98 Å². The third-order valence-electron chi connectivity index (χ3n) is 2.40. The lowest BCUT2D eigenvalue weighted by molar-refractivity contribution is 0.817. The molecule has 0 fully saturated rings. The molecule has 2 heterocycles. The molecule has 2 rings (SSSR count). The third kappa shape index (κ3) is 3.49. The van der Waals surface area contributed by atoms with Gasteiger partial charge in [0.25, 0.3) is 0 Å². The average molecular weight is 248 g/mol. The first-order valence-corrected chi connectivity index (χ1v) is 6.07. The van der Waals surface area contributed by atoms with Crippen LogP contribution in [0.3, 0.4) is 0 Å². The van der Waals surface area contributed by atoms with Gasteiger partial charge in [-0.15, -0.1) is 0 Å². The number of nitrogens with zero attached hydrogens (tertiary/aromatic N) is 3. The van der Waals surface area contributed by atoms with Crippen molar-refractivity contribution in [3.63, 3.8) is 0 Å². The second-order valence-corrected chi connectivity index (χ2v) is 4.27. The zero-order valence-corrected chi connectivity index (χ0v) is 10.5. The third-order valence-corrected chi connectivity index (χ3v) is 2.60. The van der Waals surface area contributed by atoms with Crippen LogP contribution < -0.4 is 0 Å². The first-order valence-electron chi connectivity index (χ1n) is 5.69. The van der Waals surface area contributed by atoms with Crippen molar-refractivity contribution < 1.29 is 0 Å². The molecule has 0 radical (unpaired) electrons. The summed E-state index contributed by atoms with van der Waals surface area (Å²) in [7, 11) is 0. The fourth-order valence-electron chi connectivity index (χ4n) is 1.65. The van der Waals surface area contributed by atoms with Crippen LogP contribution in [0.15, 0.2) is 30.6 Å². The van der Waals surface area contributed by atoms with Crippen LogP contribution >= 0.6 is 11.6 Å². The monoisotopic (exact) mass is 247 g/mol. The fraction of sp³-hybridized carbons (Fsp3) is 0.308. The molecule has 88 valence electrons. The van der Waals surface area contributed by atoms with Crippen molar-refractivity contribution in [2.45, 2.75) is 26.2 Å². The second-order valence-electron chi connectivity index (χ2n) is 3.88. The van der Waals surface area contributed by atoms with E-state index in [4.69, 9.17) is 11.6 Å². The molecule has 17 heavy (non-hydrogen) atoms. The van der Waals surface area contributed by atoms with Crippen LogP contribution in [0.5, 0.6) is 0 Å². The van der Waals surface area contributed by atoms with Gasteiger partial charge in [0.1, 0.15) is 11.0 Å². The van der Waals surface area contributed by atoms with E-state index in [-0.39, 0.29) is 0 Å². The van der Waals surface area contributed by atoms with Crippen LogP contribution in [0.2, 0.25) is 5.15 Å². The minimum atomic E-state index is 0.521. The molecule has 0 aliphatic heterocycles. The Hall–Kier alpha value is -1.48. The van der Waals surface area contributed by atoms with Gasteiger partial charge >= 0.3 is 0 Å². The molecule has 0 bridgehead atoms. The maximum absolute atomic E-state index is 5.99. The van der Waals surface area contributed by atoms with Gasteiger partial charge in [-0.05, 0) is 30.2 Å². The molecular formula is C13H14ClN3. The van der Waals surface area contributed by atoms with Crippen LogP contribution in [0.4, 0.5) is 0 Å². The predicted molar refractivity (Wildman–Crippen MR) is 68.1 cm³/mol. The molecule has 3 nitrogen and oxygen atoms in total. The van der Waals surface area contributed by atoms with E-state index in [1.807, 2.05) is 18.2 Å². The maximum atomic E-state index is 5.99. The SMILES string of the molecule is CCCc1nc(Cl)cc(Cc2ccncc2)n1. The summed E-state index contributed by atoms with van der Waals surface area (Å²) in [6, 6.07) is 5.78. The number of hydrogen-bond acceptors (Lipinski definition) is 3. The van der Waals surface area contributed by atoms with Crippen LogP contribution in [-0.4, -0.2) is 15.0 Å². The summed E-state index contributed by atoms with van der Waals surface area (Å²) in [5, 5.41) is 0.521. The van der Waals surface area contributed by atoms with Crippen LogP contribution in [0.1, 0.15) is 30.4 Å². The minimum absolute atomic E-state index is 0.521. The van der Waals surface area contributed by atoms with E-state index in [1.165, 1.54) is 5.56 Å². The average Bonchev–Trinajstić information content (AvgIpc) is 2.30. The Morgan fingerprint density at radius 3 is 2.65 bits per heavy atom. The van der Waals surface area contributed by atoms with Crippen molar-refractivity contribution in [3.8, 4) is 0 Å². The lowest BCUT2D eigenvalue weighted by Crippen LogP contribution is -2.00. The van der Waals surface area contributed by atoms with E-state index in [2.05, 4.69) is 21.9 Å². The highest BCUT2D eigenvalue weighted by atomic mass is 35.5.